The Kier molecular flexibility index (Phi) is 6.36. The van der Waals surface area contributed by atoms with Crippen LogP contribution in [-0.2, 0) is 0 Å². The minimum atomic E-state index is 0.591. The third-order valence-electron chi connectivity index (χ3n) is 4.27. The number of unbranched alkanes of at least 4 members (excludes halogenated alkanes) is 2. The fraction of sp³-hybridized carbons (Fsp3) is 0.300. The number of ether oxygens (including phenoxy) is 1. The summed E-state index contributed by atoms with van der Waals surface area (Å²) in [6.07, 6.45) is 8.88. The van der Waals surface area contributed by atoms with Crippen LogP contribution in [0.25, 0.3) is 0 Å². The van der Waals surface area contributed by atoms with E-state index in [4.69, 9.17) is 9.72 Å². The smallest absolute Gasteiger partial charge is 0.190 e. The highest BCUT2D eigenvalue weighted by Crippen LogP contribution is 2.34. The van der Waals surface area contributed by atoms with E-state index in [0.717, 1.165) is 33.1 Å². The predicted molar refractivity (Wildman–Crippen MR) is 119 cm³/mol. The normalized spacial score (nSPS) is 15.7. The molecule has 0 saturated carbocycles. The molecule has 4 rings (SSSR count). The molecule has 0 spiro atoms. The average Bonchev–Trinajstić information content (AvgIpc) is 3.18. The zero-order chi connectivity index (χ0) is 20.1. The lowest BCUT2D eigenvalue weighted by molar-refractivity contribution is 0.455. The average molecular weight is 427 g/mol. The zero-order valence-electron chi connectivity index (χ0n) is 16.3. The number of nitrogens with zero attached hydrogens (tertiary/aromatic N) is 5. The predicted octanol–water partition coefficient (Wildman–Crippen LogP) is 4.60. The van der Waals surface area contributed by atoms with Crippen molar-refractivity contribution < 1.29 is 4.74 Å². The van der Waals surface area contributed by atoms with E-state index in [0.29, 0.717) is 11.6 Å². The summed E-state index contributed by atoms with van der Waals surface area (Å²) < 4.78 is 5.68. The van der Waals surface area contributed by atoms with Crippen molar-refractivity contribution in [1.29, 1.82) is 0 Å². The van der Waals surface area contributed by atoms with E-state index in [9.17, 15) is 0 Å². The molecular weight excluding hydrogens is 404 g/mol. The number of rotatable bonds is 8. The molecule has 0 amide bonds. The van der Waals surface area contributed by atoms with Crippen molar-refractivity contribution in [2.75, 3.05) is 12.0 Å². The highest BCUT2D eigenvalue weighted by Gasteiger charge is 2.30. The fourth-order valence-electron chi connectivity index (χ4n) is 2.84. The van der Waals surface area contributed by atoms with Gasteiger partial charge in [0.15, 0.2) is 22.6 Å². The second kappa shape index (κ2) is 9.32. The summed E-state index contributed by atoms with van der Waals surface area (Å²) in [5.74, 6) is 3.74. The van der Waals surface area contributed by atoms with Crippen LogP contribution >= 0.6 is 23.5 Å². The van der Waals surface area contributed by atoms with E-state index in [1.165, 1.54) is 19.3 Å². The maximum atomic E-state index is 5.68. The molecule has 150 valence electrons. The Bertz CT molecular complexity index is 961. The molecule has 0 aliphatic carbocycles. The number of hydrazine groups is 1. The number of para-hydroxylation sites is 1. The van der Waals surface area contributed by atoms with Crippen molar-refractivity contribution in [2.24, 2.45) is 9.98 Å². The molecule has 0 unspecified atom stereocenters. The number of aromatic nitrogens is 2. The number of fused-ring (bicyclic) bond motifs is 3. The van der Waals surface area contributed by atoms with Crippen LogP contribution in [0.2, 0.25) is 0 Å². The molecular formula is C20H22N6OS2. The summed E-state index contributed by atoms with van der Waals surface area (Å²) >= 11 is 3.26. The lowest BCUT2D eigenvalue weighted by atomic mass is 10.2. The first-order valence-corrected chi connectivity index (χ1v) is 11.7. The Morgan fingerprint density at radius 3 is 2.83 bits per heavy atom. The number of benzene rings is 1. The maximum Gasteiger partial charge on any atom is 0.190 e. The van der Waals surface area contributed by atoms with Gasteiger partial charge in [0, 0.05) is 5.75 Å². The Morgan fingerprint density at radius 1 is 1.17 bits per heavy atom. The van der Waals surface area contributed by atoms with Gasteiger partial charge in [0.2, 0.25) is 0 Å². The third kappa shape index (κ3) is 4.56. The molecule has 1 aromatic heterocycles. The van der Waals surface area contributed by atoms with Crippen LogP contribution in [-0.4, -0.2) is 39.2 Å². The van der Waals surface area contributed by atoms with E-state index in [2.05, 4.69) is 27.3 Å². The second-order valence-corrected chi connectivity index (χ2v) is 8.22. The van der Waals surface area contributed by atoms with Gasteiger partial charge in [0.25, 0.3) is 0 Å². The van der Waals surface area contributed by atoms with Gasteiger partial charge in [-0.3, -0.25) is 5.43 Å². The maximum absolute atomic E-state index is 5.68. The molecule has 2 aliphatic heterocycles. The molecule has 0 saturated heterocycles. The lowest BCUT2D eigenvalue weighted by Crippen LogP contribution is -2.38. The van der Waals surface area contributed by atoms with Crippen molar-refractivity contribution in [3.8, 4) is 5.75 Å². The molecule has 7 nitrogen and oxygen atoms in total. The van der Waals surface area contributed by atoms with Crippen LogP contribution in [0.4, 0.5) is 5.82 Å². The number of nitrogens with one attached hydrogen (secondary N) is 1. The van der Waals surface area contributed by atoms with Crippen molar-refractivity contribution in [2.45, 2.75) is 36.4 Å². The number of hydrogen-bond acceptors (Lipinski definition) is 9. The van der Waals surface area contributed by atoms with Gasteiger partial charge in [0.05, 0.1) is 5.56 Å². The van der Waals surface area contributed by atoms with Gasteiger partial charge in [-0.1, -0.05) is 49.7 Å². The van der Waals surface area contributed by atoms with E-state index < -0.39 is 0 Å². The minimum absolute atomic E-state index is 0.591. The first-order valence-electron chi connectivity index (χ1n) is 9.48. The van der Waals surface area contributed by atoms with E-state index in [1.54, 1.807) is 41.1 Å². The van der Waals surface area contributed by atoms with Gasteiger partial charge in [0.1, 0.15) is 23.4 Å². The Balaban J connectivity index is 1.57. The van der Waals surface area contributed by atoms with Crippen molar-refractivity contribution in [3.63, 3.8) is 0 Å². The van der Waals surface area contributed by atoms with Gasteiger partial charge in [-0.05, 0) is 24.8 Å². The molecule has 0 fully saturated rings. The first kappa shape index (κ1) is 19.8. The largest absolute Gasteiger partial charge is 0.461 e. The van der Waals surface area contributed by atoms with Crippen LogP contribution in [0, 0.1) is 0 Å². The molecule has 2 aromatic rings. The van der Waals surface area contributed by atoms with Crippen molar-refractivity contribution in [1.82, 2.24) is 20.4 Å². The third-order valence-corrected chi connectivity index (χ3v) is 5.88. The molecule has 1 aromatic carbocycles. The summed E-state index contributed by atoms with van der Waals surface area (Å²) in [5, 5.41) is 3.41. The Labute approximate surface area is 178 Å². The standard InChI is InChI=1S/C20H22N6OS2/c1-3-4-8-11-29-20-23-17-16(19(24-20)28-2)18-22-15(25-26(18)13-21-17)12-27-14-9-6-5-7-10-14/h5-7,9-10,12-13,25H,3-4,8,11H2,1-2H3. The Morgan fingerprint density at radius 2 is 2.03 bits per heavy atom. The van der Waals surface area contributed by atoms with Gasteiger partial charge >= 0.3 is 0 Å². The summed E-state index contributed by atoms with van der Waals surface area (Å²) in [4.78, 5) is 18.6. The number of thioether (sulfide) groups is 2. The topological polar surface area (TPSA) is 75.0 Å². The van der Waals surface area contributed by atoms with Gasteiger partial charge in [-0.2, -0.15) is 0 Å². The summed E-state index contributed by atoms with van der Waals surface area (Å²) in [5.41, 5.74) is 4.01. The quantitative estimate of drug-likeness (QED) is 0.217. The number of hydrogen-bond donors (Lipinski definition) is 1. The monoisotopic (exact) mass is 426 g/mol. The van der Waals surface area contributed by atoms with Crippen LogP contribution in [0.1, 0.15) is 31.7 Å². The highest BCUT2D eigenvalue weighted by atomic mass is 32.2. The molecule has 0 bridgehead atoms. The van der Waals surface area contributed by atoms with Crippen LogP contribution in [0.15, 0.2) is 62.6 Å². The molecule has 0 atom stereocenters. The first-order chi connectivity index (χ1) is 14.3. The highest BCUT2D eigenvalue weighted by molar-refractivity contribution is 7.99. The zero-order valence-corrected chi connectivity index (χ0v) is 18.0. The SMILES string of the molecule is CCCCCSc1nc2c(c(SC)n1)C1=NC(=COc3ccccc3)NN1C=N2. The molecule has 9 heteroatoms. The van der Waals surface area contributed by atoms with Crippen LogP contribution in [0.5, 0.6) is 5.75 Å². The van der Waals surface area contributed by atoms with Gasteiger partial charge in [-0.25, -0.2) is 25.0 Å². The van der Waals surface area contributed by atoms with Gasteiger partial charge < -0.3 is 4.74 Å². The van der Waals surface area contributed by atoms with Crippen molar-refractivity contribution in [3.05, 3.63) is 48.0 Å². The van der Waals surface area contributed by atoms with Crippen molar-refractivity contribution >= 4 is 41.5 Å². The molecule has 3 heterocycles. The van der Waals surface area contributed by atoms with Gasteiger partial charge in [-0.15, -0.1) is 11.8 Å². The second-order valence-electron chi connectivity index (χ2n) is 6.37. The van der Waals surface area contributed by atoms with E-state index >= 15 is 0 Å². The molecule has 29 heavy (non-hydrogen) atoms. The lowest BCUT2D eigenvalue weighted by Gasteiger charge is -2.21. The fourth-order valence-corrected chi connectivity index (χ4v) is 4.30. The van der Waals surface area contributed by atoms with E-state index in [1.807, 2.05) is 36.6 Å². The molecule has 2 aliphatic rings. The molecule has 0 radical (unpaired) electrons. The van der Waals surface area contributed by atoms with Crippen LogP contribution < -0.4 is 10.2 Å². The summed E-state index contributed by atoms with van der Waals surface area (Å²) in [7, 11) is 0. The summed E-state index contributed by atoms with van der Waals surface area (Å²) in [6, 6.07) is 9.58. The minimum Gasteiger partial charge on any atom is -0.461 e. The van der Waals surface area contributed by atoms with E-state index in [-0.39, 0.29) is 0 Å². The van der Waals surface area contributed by atoms with Crippen LogP contribution in [0.3, 0.4) is 0 Å². The Hall–Kier alpha value is -2.52. The number of amidine groups is 1. The number of aliphatic imine (C=N–C) groups is 2. The summed E-state index contributed by atoms with van der Waals surface area (Å²) in [6.45, 7) is 2.20. The molecule has 1 N–H and O–H groups in total.